The highest BCUT2D eigenvalue weighted by molar-refractivity contribution is 5.82. The Hall–Kier alpha value is -2.21. The van der Waals surface area contributed by atoms with E-state index in [4.69, 9.17) is 0 Å². The van der Waals surface area contributed by atoms with Crippen molar-refractivity contribution in [2.24, 2.45) is 5.92 Å². The Balaban J connectivity index is 1.24. The summed E-state index contributed by atoms with van der Waals surface area (Å²) in [6.45, 7) is 3.97. The van der Waals surface area contributed by atoms with Gasteiger partial charge in [-0.05, 0) is 36.3 Å². The molecular weight excluding hydrogens is 360 g/mol. The number of amides is 1. The Bertz CT molecular complexity index is 827. The fourth-order valence-corrected chi connectivity index (χ4v) is 5.24. The van der Waals surface area contributed by atoms with Crippen molar-refractivity contribution in [1.82, 2.24) is 20.7 Å². The third kappa shape index (κ3) is 4.08. The summed E-state index contributed by atoms with van der Waals surface area (Å²) in [6, 6.07) is 21.5. The highest BCUT2D eigenvalue weighted by atomic mass is 16.2. The Labute approximate surface area is 173 Å². The second-order valence-corrected chi connectivity index (χ2v) is 8.81. The minimum absolute atomic E-state index is 0.137. The molecule has 4 heterocycles. The lowest BCUT2D eigenvalue weighted by atomic mass is 9.93. The van der Waals surface area contributed by atoms with Gasteiger partial charge in [0.2, 0.25) is 5.91 Å². The molecule has 0 aromatic heterocycles. The van der Waals surface area contributed by atoms with Crippen molar-refractivity contribution >= 4 is 5.91 Å². The van der Waals surface area contributed by atoms with Crippen LogP contribution in [0.15, 0.2) is 60.7 Å². The van der Waals surface area contributed by atoms with Gasteiger partial charge in [0.15, 0.2) is 0 Å². The maximum atomic E-state index is 13.4. The minimum atomic E-state index is -0.137. The van der Waals surface area contributed by atoms with E-state index in [1.165, 1.54) is 17.5 Å². The minimum Gasteiger partial charge on any atom is -0.337 e. The monoisotopic (exact) mass is 390 g/mol. The summed E-state index contributed by atoms with van der Waals surface area (Å²) in [7, 11) is 0. The van der Waals surface area contributed by atoms with Crippen molar-refractivity contribution in [3.8, 4) is 0 Å². The van der Waals surface area contributed by atoms with Gasteiger partial charge in [-0.25, -0.2) is 10.9 Å². The Morgan fingerprint density at radius 2 is 1.66 bits per heavy atom. The van der Waals surface area contributed by atoms with E-state index < -0.39 is 0 Å². The first-order chi connectivity index (χ1) is 14.3. The predicted molar refractivity (Wildman–Crippen MR) is 114 cm³/mol. The zero-order valence-corrected chi connectivity index (χ0v) is 16.8. The van der Waals surface area contributed by atoms with Gasteiger partial charge >= 0.3 is 0 Å². The smallest absolute Gasteiger partial charge is 0.241 e. The number of piperidine rings is 1. The van der Waals surface area contributed by atoms with E-state index >= 15 is 0 Å². The lowest BCUT2D eigenvalue weighted by molar-refractivity contribution is -0.137. The van der Waals surface area contributed by atoms with Crippen LogP contribution in [0, 0.1) is 5.92 Å². The molecule has 29 heavy (non-hydrogen) atoms. The summed E-state index contributed by atoms with van der Waals surface area (Å²) in [5.41, 5.74) is 9.21. The van der Waals surface area contributed by atoms with Crippen molar-refractivity contribution < 1.29 is 4.79 Å². The molecule has 2 aromatic rings. The van der Waals surface area contributed by atoms with Crippen LogP contribution >= 0.6 is 0 Å². The zero-order valence-electron chi connectivity index (χ0n) is 16.8. The van der Waals surface area contributed by atoms with Crippen LogP contribution in [0.4, 0.5) is 0 Å². The molecule has 6 rings (SSSR count). The summed E-state index contributed by atoms with van der Waals surface area (Å²) in [5, 5.41) is 0. The number of hydrazine groups is 1. The second kappa shape index (κ2) is 8.27. The largest absolute Gasteiger partial charge is 0.337 e. The van der Waals surface area contributed by atoms with Crippen molar-refractivity contribution in [3.63, 3.8) is 0 Å². The van der Waals surface area contributed by atoms with E-state index in [0.717, 1.165) is 39.0 Å². The number of rotatable bonds is 4. The van der Waals surface area contributed by atoms with Crippen LogP contribution in [0.1, 0.15) is 36.4 Å². The van der Waals surface area contributed by atoms with Crippen LogP contribution in [0.5, 0.6) is 0 Å². The molecule has 4 aliphatic rings. The fourth-order valence-electron chi connectivity index (χ4n) is 5.24. The van der Waals surface area contributed by atoms with Gasteiger partial charge in [0.25, 0.3) is 0 Å². The summed E-state index contributed by atoms with van der Waals surface area (Å²) in [4.78, 5) is 18.1. The Kier molecular flexibility index (Phi) is 5.36. The number of benzene rings is 2. The number of fused-ring (bicyclic) bond motifs is 4. The molecule has 5 nitrogen and oxygen atoms in total. The van der Waals surface area contributed by atoms with Crippen molar-refractivity contribution in [3.05, 3.63) is 71.8 Å². The number of carbonyl (C=O) groups excluding carboxylic acids is 1. The molecule has 152 valence electrons. The van der Waals surface area contributed by atoms with Crippen LogP contribution in [-0.2, 0) is 11.3 Å². The second-order valence-electron chi connectivity index (χ2n) is 8.81. The third-order valence-corrected chi connectivity index (χ3v) is 6.72. The van der Waals surface area contributed by atoms with Gasteiger partial charge < -0.3 is 4.90 Å². The standard InChI is InChI=1S/C24H30N4O/c29-24(23-13-22(25-26-23)20-9-5-2-6-10-20)28-16-19-11-12-21(28)17-27(15-19)14-18-7-3-1-4-8-18/h1-10,19,21-23,25-26H,11-17H2/t19-,21+,22?,23?/m0/s1. The average molecular weight is 391 g/mol. The molecule has 5 heteroatoms. The highest BCUT2D eigenvalue weighted by Crippen LogP contribution is 2.31. The van der Waals surface area contributed by atoms with Crippen LogP contribution in [0.2, 0.25) is 0 Å². The van der Waals surface area contributed by atoms with Gasteiger partial charge in [-0.2, -0.15) is 0 Å². The molecule has 0 radical (unpaired) electrons. The summed E-state index contributed by atoms with van der Waals surface area (Å²) in [5.74, 6) is 0.855. The normalized spacial score (nSPS) is 29.7. The predicted octanol–water partition coefficient (Wildman–Crippen LogP) is 2.72. The first-order valence-electron chi connectivity index (χ1n) is 10.9. The van der Waals surface area contributed by atoms with Gasteiger partial charge in [0, 0.05) is 38.3 Å². The number of hydrogen-bond acceptors (Lipinski definition) is 4. The van der Waals surface area contributed by atoms with E-state index in [9.17, 15) is 4.79 Å². The highest BCUT2D eigenvalue weighted by Gasteiger charge is 2.41. The Morgan fingerprint density at radius 1 is 0.897 bits per heavy atom. The molecule has 0 aliphatic carbocycles. The topological polar surface area (TPSA) is 47.6 Å². The van der Waals surface area contributed by atoms with Gasteiger partial charge in [-0.15, -0.1) is 0 Å². The first kappa shape index (κ1) is 18.8. The van der Waals surface area contributed by atoms with E-state index in [1.54, 1.807) is 0 Å². The number of hydrogen-bond donors (Lipinski definition) is 2. The SMILES string of the molecule is O=C(C1CC(c2ccccc2)NN1)N1C[C@H]2CC[C@@H]1CN(Cc1ccccc1)C2. The van der Waals surface area contributed by atoms with E-state index in [-0.39, 0.29) is 18.0 Å². The van der Waals surface area contributed by atoms with E-state index in [0.29, 0.717) is 12.0 Å². The Morgan fingerprint density at radius 3 is 2.45 bits per heavy atom. The molecular formula is C24H30N4O. The molecule has 2 unspecified atom stereocenters. The molecule has 4 fully saturated rings. The maximum Gasteiger partial charge on any atom is 0.241 e. The van der Waals surface area contributed by atoms with Crippen molar-refractivity contribution in [2.75, 3.05) is 19.6 Å². The first-order valence-corrected chi connectivity index (χ1v) is 10.9. The van der Waals surface area contributed by atoms with Gasteiger partial charge in [0.05, 0.1) is 0 Å². The summed E-state index contributed by atoms with van der Waals surface area (Å²) in [6.07, 6.45) is 3.18. The molecule has 2 bridgehead atoms. The molecule has 4 saturated heterocycles. The van der Waals surface area contributed by atoms with Crippen LogP contribution < -0.4 is 10.9 Å². The number of carbonyl (C=O) groups is 1. The molecule has 0 spiro atoms. The van der Waals surface area contributed by atoms with Crippen molar-refractivity contribution in [1.29, 1.82) is 0 Å². The lowest BCUT2D eigenvalue weighted by Crippen LogP contribution is -2.53. The van der Waals surface area contributed by atoms with Gasteiger partial charge in [-0.3, -0.25) is 9.69 Å². The number of nitrogens with zero attached hydrogens (tertiary/aromatic N) is 2. The molecule has 2 N–H and O–H groups in total. The van der Waals surface area contributed by atoms with Crippen molar-refractivity contribution in [2.45, 2.75) is 43.9 Å². The average Bonchev–Trinajstić information content (AvgIpc) is 3.10. The fraction of sp³-hybridized carbons (Fsp3) is 0.458. The van der Waals surface area contributed by atoms with E-state index in [1.807, 2.05) is 6.07 Å². The molecule has 2 aromatic carbocycles. The third-order valence-electron chi connectivity index (χ3n) is 6.72. The molecule has 1 amide bonds. The van der Waals surface area contributed by atoms with Gasteiger partial charge in [0.1, 0.15) is 6.04 Å². The van der Waals surface area contributed by atoms with Gasteiger partial charge in [-0.1, -0.05) is 60.7 Å². The quantitative estimate of drug-likeness (QED) is 0.843. The summed E-state index contributed by atoms with van der Waals surface area (Å²) < 4.78 is 0. The molecule has 4 atom stereocenters. The lowest BCUT2D eigenvalue weighted by Gasteiger charge is -2.37. The van der Waals surface area contributed by atoms with Crippen LogP contribution in [0.3, 0.4) is 0 Å². The zero-order chi connectivity index (χ0) is 19.6. The summed E-state index contributed by atoms with van der Waals surface area (Å²) >= 11 is 0. The molecule has 4 aliphatic heterocycles. The van der Waals surface area contributed by atoms with Crippen LogP contribution in [-0.4, -0.2) is 47.4 Å². The van der Waals surface area contributed by atoms with E-state index in [2.05, 4.69) is 75.2 Å². The number of nitrogens with one attached hydrogen (secondary N) is 2. The maximum absolute atomic E-state index is 13.4. The molecule has 0 saturated carbocycles. The van der Waals surface area contributed by atoms with Crippen LogP contribution in [0.25, 0.3) is 0 Å².